The molecule has 1 aliphatic carbocycles. The molecule has 0 radical (unpaired) electrons. The predicted octanol–water partition coefficient (Wildman–Crippen LogP) is 3.93. The van der Waals surface area contributed by atoms with Crippen LogP contribution in [0.3, 0.4) is 0 Å². The maximum Gasteiger partial charge on any atom is 0.260 e. The number of amides is 2. The number of hydrogen-bond donors (Lipinski definition) is 1. The Labute approximate surface area is 178 Å². The highest BCUT2D eigenvalue weighted by Gasteiger charge is 2.32. The van der Waals surface area contributed by atoms with E-state index in [-0.39, 0.29) is 17.9 Å². The van der Waals surface area contributed by atoms with E-state index in [1.54, 1.807) is 6.92 Å². The van der Waals surface area contributed by atoms with Gasteiger partial charge in [-0.15, -0.1) is 0 Å². The minimum absolute atomic E-state index is 0.0758. The van der Waals surface area contributed by atoms with E-state index in [1.807, 2.05) is 24.0 Å². The first-order valence-electron chi connectivity index (χ1n) is 10.9. The van der Waals surface area contributed by atoms with E-state index < -0.39 is 6.10 Å². The van der Waals surface area contributed by atoms with Crippen LogP contribution in [0.2, 0.25) is 0 Å². The van der Waals surface area contributed by atoms with Gasteiger partial charge in [-0.25, -0.2) is 0 Å². The van der Waals surface area contributed by atoms with Crippen molar-refractivity contribution in [1.82, 2.24) is 10.2 Å². The number of nitrogens with one attached hydrogen (secondary N) is 1. The molecule has 1 N–H and O–H groups in total. The van der Waals surface area contributed by atoms with Gasteiger partial charge in [0, 0.05) is 19.0 Å². The number of ether oxygens (including phenoxy) is 1. The van der Waals surface area contributed by atoms with E-state index >= 15 is 0 Å². The highest BCUT2D eigenvalue weighted by atomic mass is 16.5. The van der Waals surface area contributed by atoms with Gasteiger partial charge in [-0.3, -0.25) is 9.59 Å². The molecule has 2 aromatic rings. The number of hydrogen-bond acceptors (Lipinski definition) is 3. The summed E-state index contributed by atoms with van der Waals surface area (Å²) in [6, 6.07) is 14.6. The molecule has 5 nitrogen and oxygen atoms in total. The van der Waals surface area contributed by atoms with Crippen molar-refractivity contribution >= 4 is 11.8 Å². The van der Waals surface area contributed by atoms with Crippen molar-refractivity contribution in [2.24, 2.45) is 0 Å². The maximum atomic E-state index is 12.7. The summed E-state index contributed by atoms with van der Waals surface area (Å²) in [4.78, 5) is 27.0. The van der Waals surface area contributed by atoms with Gasteiger partial charge in [0.15, 0.2) is 6.10 Å². The molecule has 1 saturated carbocycles. The second kappa shape index (κ2) is 8.50. The lowest BCUT2D eigenvalue weighted by atomic mass is 9.87. The van der Waals surface area contributed by atoms with Gasteiger partial charge in [-0.05, 0) is 61.9 Å². The zero-order valence-electron chi connectivity index (χ0n) is 18.0. The first kappa shape index (κ1) is 20.5. The molecule has 0 spiro atoms. The number of carbonyl (C=O) groups is 2. The lowest BCUT2D eigenvalue weighted by Gasteiger charge is -2.38. The largest absolute Gasteiger partial charge is 0.481 e. The van der Waals surface area contributed by atoms with Crippen LogP contribution >= 0.6 is 0 Å². The Kier molecular flexibility index (Phi) is 5.80. The summed E-state index contributed by atoms with van der Waals surface area (Å²) in [5, 5.41) is 2.99. The van der Waals surface area contributed by atoms with Gasteiger partial charge in [0.25, 0.3) is 5.91 Å². The summed E-state index contributed by atoms with van der Waals surface area (Å²) in [6.07, 6.45) is 2.85. The third-order valence-corrected chi connectivity index (χ3v) is 5.97. The number of rotatable bonds is 6. The van der Waals surface area contributed by atoms with Crippen molar-refractivity contribution in [3.05, 3.63) is 64.7 Å². The second-order valence-corrected chi connectivity index (χ2v) is 8.41. The molecule has 2 aromatic carbocycles. The standard InChI is InChI=1S/C25H30N2O3/c1-4-23(28)27-14-13-18-9-12-21(30-17(3)25(29)26-20-10-11-20)15-22(18)24(27)19-7-5-16(2)6-8-19/h5-9,12,15,17,20,24H,4,10-11,13-14H2,1-3H3,(H,26,29)/t17-,24+/m1/s1. The molecular weight excluding hydrogens is 376 g/mol. The van der Waals surface area contributed by atoms with Crippen molar-refractivity contribution in [3.8, 4) is 5.75 Å². The fraction of sp³-hybridized carbons (Fsp3) is 0.440. The Hall–Kier alpha value is -2.82. The molecule has 0 saturated heterocycles. The van der Waals surface area contributed by atoms with Gasteiger partial charge in [0.2, 0.25) is 5.91 Å². The smallest absolute Gasteiger partial charge is 0.260 e. The number of nitrogens with zero attached hydrogens (tertiary/aromatic N) is 1. The summed E-state index contributed by atoms with van der Waals surface area (Å²) in [5.74, 6) is 0.734. The van der Waals surface area contributed by atoms with E-state index in [0.29, 0.717) is 24.8 Å². The van der Waals surface area contributed by atoms with E-state index in [9.17, 15) is 9.59 Å². The Balaban J connectivity index is 1.64. The zero-order valence-corrected chi connectivity index (χ0v) is 18.0. The minimum atomic E-state index is -0.557. The molecule has 158 valence electrons. The van der Waals surface area contributed by atoms with Crippen molar-refractivity contribution in [2.75, 3.05) is 6.54 Å². The van der Waals surface area contributed by atoms with Crippen molar-refractivity contribution < 1.29 is 14.3 Å². The molecular formula is C25H30N2O3. The number of benzene rings is 2. The van der Waals surface area contributed by atoms with Crippen LogP contribution < -0.4 is 10.1 Å². The van der Waals surface area contributed by atoms with Crippen LogP contribution in [0.5, 0.6) is 5.75 Å². The zero-order chi connectivity index (χ0) is 21.3. The highest BCUT2D eigenvalue weighted by molar-refractivity contribution is 5.81. The van der Waals surface area contributed by atoms with Crippen LogP contribution in [0.25, 0.3) is 0 Å². The molecule has 0 bridgehead atoms. The Bertz CT molecular complexity index is 934. The predicted molar refractivity (Wildman–Crippen MR) is 116 cm³/mol. The van der Waals surface area contributed by atoms with Gasteiger partial charge < -0.3 is 15.0 Å². The molecule has 2 aliphatic rings. The van der Waals surface area contributed by atoms with Gasteiger partial charge >= 0.3 is 0 Å². The third-order valence-electron chi connectivity index (χ3n) is 5.97. The molecule has 4 rings (SSSR count). The summed E-state index contributed by atoms with van der Waals surface area (Å²) in [5.41, 5.74) is 4.60. The molecule has 0 unspecified atom stereocenters. The molecule has 30 heavy (non-hydrogen) atoms. The lowest BCUT2D eigenvalue weighted by molar-refractivity contribution is -0.133. The van der Waals surface area contributed by atoms with E-state index in [1.165, 1.54) is 11.1 Å². The lowest BCUT2D eigenvalue weighted by Crippen LogP contribution is -2.40. The van der Waals surface area contributed by atoms with E-state index in [0.717, 1.165) is 30.4 Å². The van der Waals surface area contributed by atoms with Gasteiger partial charge in [-0.1, -0.05) is 42.8 Å². The van der Waals surface area contributed by atoms with Crippen molar-refractivity contribution in [2.45, 2.75) is 64.6 Å². The van der Waals surface area contributed by atoms with Crippen LogP contribution in [0, 0.1) is 6.92 Å². The fourth-order valence-electron chi connectivity index (χ4n) is 4.05. The van der Waals surface area contributed by atoms with Gasteiger partial charge in [0.1, 0.15) is 5.75 Å². The average Bonchev–Trinajstić information content (AvgIpc) is 3.57. The molecule has 1 fully saturated rings. The maximum absolute atomic E-state index is 12.7. The van der Waals surface area contributed by atoms with Crippen molar-refractivity contribution in [3.63, 3.8) is 0 Å². The Morgan fingerprint density at radius 1 is 1.17 bits per heavy atom. The van der Waals surface area contributed by atoms with E-state index in [2.05, 4.69) is 42.6 Å². The molecule has 1 heterocycles. The average molecular weight is 407 g/mol. The Morgan fingerprint density at radius 3 is 2.57 bits per heavy atom. The summed E-state index contributed by atoms with van der Waals surface area (Å²) < 4.78 is 5.98. The molecule has 1 aliphatic heterocycles. The second-order valence-electron chi connectivity index (χ2n) is 8.41. The van der Waals surface area contributed by atoms with Crippen LogP contribution in [0.15, 0.2) is 42.5 Å². The highest BCUT2D eigenvalue weighted by Crippen LogP contribution is 2.37. The molecule has 2 amide bonds. The van der Waals surface area contributed by atoms with Crippen LogP contribution in [0.4, 0.5) is 0 Å². The monoisotopic (exact) mass is 406 g/mol. The summed E-state index contributed by atoms with van der Waals surface area (Å²) in [6.45, 7) is 6.46. The topological polar surface area (TPSA) is 58.6 Å². The Morgan fingerprint density at radius 2 is 1.90 bits per heavy atom. The number of carbonyl (C=O) groups excluding carboxylic acids is 2. The van der Waals surface area contributed by atoms with Crippen LogP contribution in [-0.4, -0.2) is 35.4 Å². The number of fused-ring (bicyclic) bond motifs is 1. The number of aryl methyl sites for hydroxylation is 1. The van der Waals surface area contributed by atoms with Gasteiger partial charge in [0.05, 0.1) is 6.04 Å². The van der Waals surface area contributed by atoms with Gasteiger partial charge in [-0.2, -0.15) is 0 Å². The van der Waals surface area contributed by atoms with E-state index in [4.69, 9.17) is 4.74 Å². The first-order valence-corrected chi connectivity index (χ1v) is 10.9. The van der Waals surface area contributed by atoms with Crippen LogP contribution in [0.1, 0.15) is 61.4 Å². The van der Waals surface area contributed by atoms with Crippen molar-refractivity contribution in [1.29, 1.82) is 0 Å². The molecule has 0 aromatic heterocycles. The molecule has 5 heteroatoms. The minimum Gasteiger partial charge on any atom is -0.481 e. The quantitative estimate of drug-likeness (QED) is 0.791. The first-order chi connectivity index (χ1) is 14.5. The third kappa shape index (κ3) is 4.35. The normalized spacial score (nSPS) is 19.0. The molecule has 2 atom stereocenters. The fourth-order valence-corrected chi connectivity index (χ4v) is 4.05. The SMILES string of the molecule is CCC(=O)N1CCc2ccc(O[C@H](C)C(=O)NC3CC3)cc2[C@@H]1c1ccc(C)cc1. The summed E-state index contributed by atoms with van der Waals surface area (Å²) in [7, 11) is 0. The van der Waals surface area contributed by atoms with Crippen LogP contribution in [-0.2, 0) is 16.0 Å². The summed E-state index contributed by atoms with van der Waals surface area (Å²) >= 11 is 0.